The lowest BCUT2D eigenvalue weighted by Gasteiger charge is -2.42. The minimum Gasteiger partial charge on any atom is -0.543 e. The molecule has 2 aromatic carbocycles. The second kappa shape index (κ2) is 9.01. The summed E-state index contributed by atoms with van der Waals surface area (Å²) in [6, 6.07) is 15.2. The van der Waals surface area contributed by atoms with Gasteiger partial charge in [0.25, 0.3) is 8.32 Å². The summed E-state index contributed by atoms with van der Waals surface area (Å²) in [5.41, 5.74) is 5.43. The predicted molar refractivity (Wildman–Crippen MR) is 131 cm³/mol. The van der Waals surface area contributed by atoms with E-state index in [4.69, 9.17) is 9.16 Å². The zero-order valence-electron chi connectivity index (χ0n) is 19.9. The van der Waals surface area contributed by atoms with Crippen molar-refractivity contribution in [2.45, 2.75) is 84.0 Å². The van der Waals surface area contributed by atoms with Gasteiger partial charge in [-0.15, -0.1) is 0 Å². The van der Waals surface area contributed by atoms with E-state index < -0.39 is 8.32 Å². The molecule has 2 nitrogen and oxygen atoms in total. The third-order valence-corrected chi connectivity index (χ3v) is 12.8. The van der Waals surface area contributed by atoms with Crippen molar-refractivity contribution < 1.29 is 9.16 Å². The van der Waals surface area contributed by atoms with E-state index in [1.165, 1.54) is 16.7 Å². The summed E-state index contributed by atoms with van der Waals surface area (Å²) in [5, 5.41) is 0. The van der Waals surface area contributed by atoms with Gasteiger partial charge in [-0.1, -0.05) is 78.8 Å². The van der Waals surface area contributed by atoms with E-state index >= 15 is 0 Å². The molecule has 2 atom stereocenters. The third-order valence-electron chi connectivity index (χ3n) is 6.80. The van der Waals surface area contributed by atoms with Crippen LogP contribution in [0.1, 0.15) is 84.1 Å². The molecule has 3 heteroatoms. The minimum absolute atomic E-state index is 0.0530. The van der Waals surface area contributed by atoms with Gasteiger partial charge in [0.1, 0.15) is 17.6 Å². The maximum atomic E-state index is 6.83. The fourth-order valence-electron chi connectivity index (χ4n) is 5.37. The van der Waals surface area contributed by atoms with E-state index in [0.717, 1.165) is 11.5 Å². The van der Waals surface area contributed by atoms with Crippen LogP contribution in [0.15, 0.2) is 48.5 Å². The number of allylic oxidation sites excluding steroid dienone is 1. The summed E-state index contributed by atoms with van der Waals surface area (Å²) in [4.78, 5) is 0. The molecule has 3 rings (SSSR count). The number of ether oxygens (including phenoxy) is 1. The lowest BCUT2D eigenvalue weighted by Crippen LogP contribution is -2.50. The molecule has 0 bridgehead atoms. The molecule has 2 aromatic rings. The molecular weight excluding hydrogens is 384 g/mol. The van der Waals surface area contributed by atoms with Crippen molar-refractivity contribution in [3.63, 3.8) is 0 Å². The van der Waals surface area contributed by atoms with Crippen molar-refractivity contribution in [2.24, 2.45) is 0 Å². The van der Waals surface area contributed by atoms with E-state index in [9.17, 15) is 0 Å². The second-order valence-electron chi connectivity index (χ2n) is 9.61. The molecule has 1 heterocycles. The molecule has 0 N–H and O–H groups in total. The monoisotopic (exact) mass is 422 g/mol. The van der Waals surface area contributed by atoms with Gasteiger partial charge in [-0.2, -0.15) is 0 Å². The summed E-state index contributed by atoms with van der Waals surface area (Å²) in [5.74, 6) is 2.33. The van der Waals surface area contributed by atoms with Crippen LogP contribution in [-0.2, 0) is 0 Å². The fraction of sp³-hybridized carbons (Fsp3) is 0.481. The van der Waals surface area contributed by atoms with E-state index in [-0.39, 0.29) is 6.10 Å². The molecule has 0 aliphatic carbocycles. The molecule has 0 saturated heterocycles. The topological polar surface area (TPSA) is 18.5 Å². The van der Waals surface area contributed by atoms with Crippen LogP contribution in [0.2, 0.25) is 16.6 Å². The average molecular weight is 423 g/mol. The SMILES string of the molecule is C/C=C/c1ccc2c(c1)[C@H](C)[C@H](c1ccc(O[Si](C(C)C)(C(C)C)C(C)C)cc1)O2. The summed E-state index contributed by atoms with van der Waals surface area (Å²) < 4.78 is 13.2. The van der Waals surface area contributed by atoms with Gasteiger partial charge in [0.15, 0.2) is 0 Å². The van der Waals surface area contributed by atoms with Gasteiger partial charge in [-0.05, 0) is 58.9 Å². The van der Waals surface area contributed by atoms with Crippen LogP contribution < -0.4 is 9.16 Å². The van der Waals surface area contributed by atoms with E-state index in [1.807, 2.05) is 0 Å². The van der Waals surface area contributed by atoms with Gasteiger partial charge in [0, 0.05) is 11.5 Å². The highest BCUT2D eigenvalue weighted by Crippen LogP contribution is 2.47. The minimum atomic E-state index is -1.93. The molecule has 0 spiro atoms. The molecule has 0 unspecified atom stereocenters. The van der Waals surface area contributed by atoms with Gasteiger partial charge in [0.05, 0.1) is 0 Å². The first-order valence-electron chi connectivity index (χ1n) is 11.4. The predicted octanol–water partition coefficient (Wildman–Crippen LogP) is 8.51. The van der Waals surface area contributed by atoms with Crippen LogP contribution in [0, 0.1) is 0 Å². The number of rotatable bonds is 7. The Balaban J connectivity index is 1.82. The second-order valence-corrected chi connectivity index (χ2v) is 15.0. The van der Waals surface area contributed by atoms with Gasteiger partial charge in [-0.25, -0.2) is 0 Å². The first kappa shape index (κ1) is 22.7. The van der Waals surface area contributed by atoms with Crippen molar-refractivity contribution in [1.82, 2.24) is 0 Å². The van der Waals surface area contributed by atoms with Gasteiger partial charge in [-0.3, -0.25) is 0 Å². The van der Waals surface area contributed by atoms with E-state index in [0.29, 0.717) is 22.5 Å². The number of hydrogen-bond acceptors (Lipinski definition) is 2. The quantitative estimate of drug-likeness (QED) is 0.416. The maximum Gasteiger partial charge on any atom is 0.258 e. The Kier molecular flexibility index (Phi) is 6.81. The van der Waals surface area contributed by atoms with Crippen molar-refractivity contribution in [3.8, 4) is 11.5 Å². The zero-order valence-corrected chi connectivity index (χ0v) is 20.9. The van der Waals surface area contributed by atoms with Crippen molar-refractivity contribution in [1.29, 1.82) is 0 Å². The molecule has 30 heavy (non-hydrogen) atoms. The van der Waals surface area contributed by atoms with Crippen molar-refractivity contribution in [2.75, 3.05) is 0 Å². The molecule has 0 radical (unpaired) electrons. The standard InChI is InChI=1S/C27H38O2Si/c1-9-10-22-11-16-26-25(17-22)21(8)27(28-26)23-12-14-24(15-13-23)29-30(18(2)3,19(4)5)20(6)7/h9-21,27H,1-8H3/b10-9+/t21-,27+/m0/s1. The van der Waals surface area contributed by atoms with Crippen molar-refractivity contribution >= 4 is 14.4 Å². The molecule has 162 valence electrons. The zero-order chi connectivity index (χ0) is 22.1. The highest BCUT2D eigenvalue weighted by atomic mass is 28.4. The Bertz CT molecular complexity index is 858. The smallest absolute Gasteiger partial charge is 0.258 e. The summed E-state index contributed by atoms with van der Waals surface area (Å²) in [6.07, 6.45) is 4.27. The van der Waals surface area contributed by atoms with Crippen LogP contribution in [0.4, 0.5) is 0 Å². The molecule has 0 fully saturated rings. The molecule has 0 amide bonds. The van der Waals surface area contributed by atoms with Crippen LogP contribution in [0.25, 0.3) is 6.08 Å². The Morgan fingerprint density at radius 3 is 2.03 bits per heavy atom. The van der Waals surface area contributed by atoms with Crippen LogP contribution in [0.5, 0.6) is 11.5 Å². The van der Waals surface area contributed by atoms with Crippen LogP contribution in [-0.4, -0.2) is 8.32 Å². The van der Waals surface area contributed by atoms with Crippen molar-refractivity contribution in [3.05, 3.63) is 65.2 Å². The Hall–Kier alpha value is -2.00. The largest absolute Gasteiger partial charge is 0.543 e. The molecule has 0 saturated carbocycles. The number of benzene rings is 2. The lowest BCUT2D eigenvalue weighted by molar-refractivity contribution is 0.216. The molecular formula is C27H38O2Si. The normalized spacial score (nSPS) is 19.0. The number of fused-ring (bicyclic) bond motifs is 1. The first-order chi connectivity index (χ1) is 14.2. The average Bonchev–Trinajstić information content (AvgIpc) is 3.02. The van der Waals surface area contributed by atoms with E-state index in [2.05, 4.69) is 110 Å². The van der Waals surface area contributed by atoms with Crippen LogP contribution in [0.3, 0.4) is 0 Å². The number of hydrogen-bond donors (Lipinski definition) is 0. The highest BCUT2D eigenvalue weighted by molar-refractivity contribution is 6.78. The van der Waals surface area contributed by atoms with Crippen LogP contribution >= 0.6 is 0 Å². The maximum absolute atomic E-state index is 6.83. The molecule has 0 aromatic heterocycles. The lowest BCUT2D eigenvalue weighted by atomic mass is 9.92. The van der Waals surface area contributed by atoms with Gasteiger partial charge < -0.3 is 9.16 Å². The van der Waals surface area contributed by atoms with Gasteiger partial charge >= 0.3 is 0 Å². The first-order valence-corrected chi connectivity index (χ1v) is 13.6. The molecule has 1 aliphatic rings. The summed E-state index contributed by atoms with van der Waals surface area (Å²) in [7, 11) is -1.93. The Morgan fingerprint density at radius 1 is 0.900 bits per heavy atom. The fourth-order valence-corrected chi connectivity index (χ4v) is 10.6. The molecule has 1 aliphatic heterocycles. The van der Waals surface area contributed by atoms with E-state index in [1.54, 1.807) is 0 Å². The third kappa shape index (κ3) is 4.09. The summed E-state index contributed by atoms with van der Waals surface area (Å²) >= 11 is 0. The highest BCUT2D eigenvalue weighted by Gasteiger charge is 2.47. The van der Waals surface area contributed by atoms with Gasteiger partial charge in [0.2, 0.25) is 0 Å². The Labute approximate surface area is 184 Å². The Morgan fingerprint density at radius 2 is 1.50 bits per heavy atom. The summed E-state index contributed by atoms with van der Waals surface area (Å²) in [6.45, 7) is 18.3.